The molecule has 0 aliphatic carbocycles. The van der Waals surface area contributed by atoms with E-state index >= 15 is 0 Å². The lowest BCUT2D eigenvalue weighted by Gasteiger charge is -2.11. The summed E-state index contributed by atoms with van der Waals surface area (Å²) >= 11 is 6.25. The average Bonchev–Trinajstić information content (AvgIpc) is 2.53. The van der Waals surface area contributed by atoms with Crippen LogP contribution >= 0.6 is 23.6 Å². The Kier molecular flexibility index (Phi) is 4.03. The van der Waals surface area contributed by atoms with Gasteiger partial charge >= 0.3 is 0 Å². The van der Waals surface area contributed by atoms with Gasteiger partial charge in [0, 0.05) is 23.4 Å². The van der Waals surface area contributed by atoms with Crippen molar-refractivity contribution in [3.05, 3.63) is 22.4 Å². The van der Waals surface area contributed by atoms with Gasteiger partial charge < -0.3 is 11.1 Å². The molecule has 0 aliphatic rings. The predicted octanol–water partition coefficient (Wildman–Crippen LogP) is 1.54. The Bertz CT molecular complexity index is 322. The summed E-state index contributed by atoms with van der Waals surface area (Å²) < 4.78 is 0. The number of amides is 1. The second-order valence-corrected chi connectivity index (χ2v) is 4.36. The molecule has 1 unspecified atom stereocenters. The highest BCUT2D eigenvalue weighted by atomic mass is 32.1. The van der Waals surface area contributed by atoms with Crippen LogP contribution in [0.25, 0.3) is 0 Å². The van der Waals surface area contributed by atoms with Gasteiger partial charge in [-0.1, -0.05) is 12.2 Å². The van der Waals surface area contributed by atoms with Crippen LogP contribution in [0.5, 0.6) is 0 Å². The van der Waals surface area contributed by atoms with Gasteiger partial charge in [-0.25, -0.2) is 0 Å². The first-order valence-corrected chi connectivity index (χ1v) is 5.56. The highest BCUT2D eigenvalue weighted by Gasteiger charge is 2.10. The van der Waals surface area contributed by atoms with E-state index in [-0.39, 0.29) is 11.9 Å². The molecule has 0 radical (unpaired) electrons. The SMILES string of the molecule is CC(CC(N)=S)NC(=O)c1ccsc1. The standard InChI is InChI=1S/C9H12N2OS2/c1-6(4-8(10)13)11-9(12)7-2-3-14-5-7/h2-3,5-6H,4H2,1H3,(H2,10,13)(H,11,12). The van der Waals surface area contributed by atoms with Crippen LogP contribution in [0.4, 0.5) is 0 Å². The minimum absolute atomic E-state index is 0.0140. The average molecular weight is 228 g/mol. The zero-order chi connectivity index (χ0) is 10.6. The van der Waals surface area contributed by atoms with E-state index in [2.05, 4.69) is 5.32 Å². The summed E-state index contributed by atoms with van der Waals surface area (Å²) in [5.41, 5.74) is 6.05. The molecule has 0 spiro atoms. The first kappa shape index (κ1) is 11.1. The van der Waals surface area contributed by atoms with E-state index in [1.165, 1.54) is 11.3 Å². The molecule has 76 valence electrons. The molecule has 0 aliphatic heterocycles. The Labute approximate surface area is 92.3 Å². The van der Waals surface area contributed by atoms with E-state index in [0.717, 1.165) is 0 Å². The second-order valence-electron chi connectivity index (χ2n) is 3.06. The maximum Gasteiger partial charge on any atom is 0.252 e. The first-order valence-electron chi connectivity index (χ1n) is 4.21. The van der Waals surface area contributed by atoms with E-state index in [1.807, 2.05) is 17.7 Å². The zero-order valence-corrected chi connectivity index (χ0v) is 9.45. The van der Waals surface area contributed by atoms with Crippen molar-refractivity contribution in [2.75, 3.05) is 0 Å². The molecule has 1 atom stereocenters. The third kappa shape index (κ3) is 3.43. The molecule has 1 aromatic heterocycles. The quantitative estimate of drug-likeness (QED) is 0.769. The molecule has 1 heterocycles. The smallest absolute Gasteiger partial charge is 0.252 e. The fourth-order valence-electron chi connectivity index (χ4n) is 1.05. The molecule has 1 amide bonds. The summed E-state index contributed by atoms with van der Waals surface area (Å²) in [4.78, 5) is 11.9. The van der Waals surface area contributed by atoms with Crippen LogP contribution < -0.4 is 11.1 Å². The van der Waals surface area contributed by atoms with Crippen LogP contribution in [0.3, 0.4) is 0 Å². The molecule has 1 rings (SSSR count). The van der Waals surface area contributed by atoms with Crippen LogP contribution in [-0.4, -0.2) is 16.9 Å². The Morgan fingerprint density at radius 1 is 1.79 bits per heavy atom. The summed E-state index contributed by atoms with van der Waals surface area (Å²) in [6.45, 7) is 1.88. The lowest BCUT2D eigenvalue weighted by atomic mass is 10.2. The largest absolute Gasteiger partial charge is 0.393 e. The number of thiophene rings is 1. The van der Waals surface area contributed by atoms with E-state index in [4.69, 9.17) is 18.0 Å². The molecule has 0 saturated carbocycles. The molecule has 3 nitrogen and oxygen atoms in total. The third-order valence-electron chi connectivity index (χ3n) is 1.67. The molecule has 0 bridgehead atoms. The number of nitrogens with two attached hydrogens (primary N) is 1. The maximum atomic E-state index is 11.5. The predicted molar refractivity (Wildman–Crippen MR) is 62.6 cm³/mol. The van der Waals surface area contributed by atoms with Crippen molar-refractivity contribution in [3.63, 3.8) is 0 Å². The minimum atomic E-state index is -0.0741. The minimum Gasteiger partial charge on any atom is -0.393 e. The Morgan fingerprint density at radius 2 is 2.50 bits per heavy atom. The monoisotopic (exact) mass is 228 g/mol. The molecular formula is C9H12N2OS2. The summed E-state index contributed by atoms with van der Waals surface area (Å²) in [5.74, 6) is -0.0741. The van der Waals surface area contributed by atoms with Crippen molar-refractivity contribution in [3.8, 4) is 0 Å². The number of carbonyl (C=O) groups excluding carboxylic acids is 1. The second kappa shape index (κ2) is 5.07. The summed E-state index contributed by atoms with van der Waals surface area (Å²) in [7, 11) is 0. The highest BCUT2D eigenvalue weighted by Crippen LogP contribution is 2.06. The van der Waals surface area contributed by atoms with Gasteiger partial charge in [-0.15, -0.1) is 0 Å². The molecule has 14 heavy (non-hydrogen) atoms. The molecule has 0 fully saturated rings. The van der Waals surface area contributed by atoms with E-state index in [0.29, 0.717) is 17.0 Å². The van der Waals surface area contributed by atoms with E-state index < -0.39 is 0 Å². The Morgan fingerprint density at radius 3 is 3.00 bits per heavy atom. The van der Waals surface area contributed by atoms with Gasteiger partial charge in [0.25, 0.3) is 5.91 Å². The van der Waals surface area contributed by atoms with Crippen molar-refractivity contribution < 1.29 is 4.79 Å². The zero-order valence-electron chi connectivity index (χ0n) is 7.82. The summed E-state index contributed by atoms with van der Waals surface area (Å²) in [5, 5.41) is 6.49. The Balaban J connectivity index is 2.45. The number of hydrogen-bond acceptors (Lipinski definition) is 3. The van der Waals surface area contributed by atoms with Gasteiger partial charge in [-0.2, -0.15) is 11.3 Å². The number of thiocarbonyl (C=S) groups is 1. The number of hydrogen-bond donors (Lipinski definition) is 2. The van der Waals surface area contributed by atoms with Crippen molar-refractivity contribution in [2.24, 2.45) is 5.73 Å². The first-order chi connectivity index (χ1) is 6.59. The van der Waals surface area contributed by atoms with Crippen LogP contribution in [-0.2, 0) is 0 Å². The Hall–Kier alpha value is -0.940. The fourth-order valence-corrected chi connectivity index (χ4v) is 1.94. The number of carbonyl (C=O) groups is 1. The third-order valence-corrected chi connectivity index (χ3v) is 2.52. The normalized spacial score (nSPS) is 12.1. The lowest BCUT2D eigenvalue weighted by Crippen LogP contribution is -2.35. The molecule has 0 saturated heterocycles. The summed E-state index contributed by atoms with van der Waals surface area (Å²) in [6, 6.07) is 1.77. The van der Waals surface area contributed by atoms with Crippen molar-refractivity contribution in [1.29, 1.82) is 0 Å². The van der Waals surface area contributed by atoms with Gasteiger partial charge in [-0.05, 0) is 18.4 Å². The molecule has 1 aromatic rings. The highest BCUT2D eigenvalue weighted by molar-refractivity contribution is 7.80. The molecule has 0 aromatic carbocycles. The molecule has 3 N–H and O–H groups in total. The van der Waals surface area contributed by atoms with Crippen LogP contribution in [0.2, 0.25) is 0 Å². The van der Waals surface area contributed by atoms with Crippen molar-refractivity contribution >= 4 is 34.5 Å². The molecular weight excluding hydrogens is 216 g/mol. The van der Waals surface area contributed by atoms with Crippen LogP contribution in [0, 0.1) is 0 Å². The van der Waals surface area contributed by atoms with Gasteiger partial charge in [0.15, 0.2) is 0 Å². The number of nitrogens with one attached hydrogen (secondary N) is 1. The lowest BCUT2D eigenvalue weighted by molar-refractivity contribution is 0.0942. The fraction of sp³-hybridized carbons (Fsp3) is 0.333. The van der Waals surface area contributed by atoms with Crippen molar-refractivity contribution in [2.45, 2.75) is 19.4 Å². The summed E-state index contributed by atoms with van der Waals surface area (Å²) in [6.07, 6.45) is 0.533. The van der Waals surface area contributed by atoms with Crippen LogP contribution in [0.15, 0.2) is 16.8 Å². The van der Waals surface area contributed by atoms with Gasteiger partial charge in [-0.3, -0.25) is 4.79 Å². The number of rotatable bonds is 4. The van der Waals surface area contributed by atoms with E-state index in [1.54, 1.807) is 6.07 Å². The van der Waals surface area contributed by atoms with Gasteiger partial charge in [0.05, 0.1) is 4.99 Å². The van der Waals surface area contributed by atoms with Gasteiger partial charge in [0.1, 0.15) is 0 Å². The van der Waals surface area contributed by atoms with Crippen molar-refractivity contribution in [1.82, 2.24) is 5.32 Å². The molecule has 5 heteroatoms. The van der Waals surface area contributed by atoms with Crippen LogP contribution in [0.1, 0.15) is 23.7 Å². The van der Waals surface area contributed by atoms with E-state index in [9.17, 15) is 4.79 Å². The van der Waals surface area contributed by atoms with Gasteiger partial charge in [0.2, 0.25) is 0 Å². The maximum absolute atomic E-state index is 11.5. The topological polar surface area (TPSA) is 55.1 Å².